The summed E-state index contributed by atoms with van der Waals surface area (Å²) in [7, 11) is 0. The van der Waals surface area contributed by atoms with E-state index < -0.39 is 0 Å². The number of rotatable bonds is 7. The summed E-state index contributed by atoms with van der Waals surface area (Å²) in [6, 6.07) is 5.44. The monoisotopic (exact) mass is 358 g/mol. The van der Waals surface area contributed by atoms with E-state index in [0.717, 1.165) is 38.9 Å². The van der Waals surface area contributed by atoms with Crippen LogP contribution in [0.1, 0.15) is 32.6 Å². The molecule has 1 aliphatic rings. The Bertz CT molecular complexity index is 519. The molecule has 1 aliphatic heterocycles. The van der Waals surface area contributed by atoms with E-state index in [4.69, 9.17) is 27.9 Å². The van der Waals surface area contributed by atoms with E-state index in [1.165, 1.54) is 0 Å². The molecule has 2 rings (SSSR count). The molecule has 0 bridgehead atoms. The standard InChI is InChI=1S/C17H24Cl2N2O2/c1-2-10-21(14-5-8-20-9-6-14)17(22)7-11-23-16-4-3-13(18)12-15(16)19/h3-4,12,14,20H,2,5-11H2,1H3. The van der Waals surface area contributed by atoms with Gasteiger partial charge in [0.2, 0.25) is 5.91 Å². The largest absolute Gasteiger partial charge is 0.491 e. The van der Waals surface area contributed by atoms with Crippen molar-refractivity contribution in [3.05, 3.63) is 28.2 Å². The van der Waals surface area contributed by atoms with Gasteiger partial charge in [0.15, 0.2) is 0 Å². The molecule has 1 heterocycles. The normalized spacial score (nSPS) is 15.4. The van der Waals surface area contributed by atoms with E-state index in [9.17, 15) is 4.79 Å². The van der Waals surface area contributed by atoms with Gasteiger partial charge in [-0.1, -0.05) is 30.1 Å². The van der Waals surface area contributed by atoms with Crippen LogP contribution in [0.15, 0.2) is 18.2 Å². The Morgan fingerprint density at radius 3 is 2.74 bits per heavy atom. The number of nitrogens with one attached hydrogen (secondary N) is 1. The van der Waals surface area contributed by atoms with Gasteiger partial charge in [0.25, 0.3) is 0 Å². The van der Waals surface area contributed by atoms with Crippen LogP contribution in [0.3, 0.4) is 0 Å². The third-order valence-corrected chi connectivity index (χ3v) is 4.53. The fraction of sp³-hybridized carbons (Fsp3) is 0.588. The Morgan fingerprint density at radius 2 is 2.09 bits per heavy atom. The maximum absolute atomic E-state index is 12.5. The van der Waals surface area contributed by atoms with E-state index in [2.05, 4.69) is 12.2 Å². The number of benzene rings is 1. The number of nitrogens with zero attached hydrogens (tertiary/aromatic N) is 1. The lowest BCUT2D eigenvalue weighted by atomic mass is 10.0. The van der Waals surface area contributed by atoms with Crippen molar-refractivity contribution in [2.45, 2.75) is 38.6 Å². The minimum absolute atomic E-state index is 0.156. The van der Waals surface area contributed by atoms with E-state index in [1.54, 1.807) is 18.2 Å². The number of hydrogen-bond donors (Lipinski definition) is 1. The Balaban J connectivity index is 1.85. The first-order chi connectivity index (χ1) is 11.1. The number of carbonyl (C=O) groups excluding carboxylic acids is 1. The summed E-state index contributed by atoms with van der Waals surface area (Å²) < 4.78 is 5.63. The van der Waals surface area contributed by atoms with Gasteiger partial charge in [-0.15, -0.1) is 0 Å². The van der Waals surface area contributed by atoms with E-state index in [0.29, 0.717) is 34.9 Å². The molecule has 0 atom stereocenters. The molecule has 0 radical (unpaired) electrons. The van der Waals surface area contributed by atoms with Gasteiger partial charge in [0.1, 0.15) is 5.75 Å². The second-order valence-electron chi connectivity index (χ2n) is 5.74. The second kappa shape index (κ2) is 9.36. The van der Waals surface area contributed by atoms with Crippen molar-refractivity contribution >= 4 is 29.1 Å². The predicted molar refractivity (Wildman–Crippen MR) is 94.5 cm³/mol. The molecule has 1 amide bonds. The lowest BCUT2D eigenvalue weighted by Crippen LogP contribution is -2.46. The lowest BCUT2D eigenvalue weighted by Gasteiger charge is -2.34. The Labute approximate surface area is 148 Å². The molecule has 1 N–H and O–H groups in total. The first-order valence-corrected chi connectivity index (χ1v) is 8.95. The third kappa shape index (κ3) is 5.55. The molecule has 0 aliphatic carbocycles. The highest BCUT2D eigenvalue weighted by Gasteiger charge is 2.24. The number of ether oxygens (including phenoxy) is 1. The fourth-order valence-electron chi connectivity index (χ4n) is 2.85. The maximum Gasteiger partial charge on any atom is 0.226 e. The number of carbonyl (C=O) groups is 1. The maximum atomic E-state index is 12.5. The molecule has 0 aromatic heterocycles. The van der Waals surface area contributed by atoms with Crippen molar-refractivity contribution in [2.24, 2.45) is 0 Å². The van der Waals surface area contributed by atoms with E-state index >= 15 is 0 Å². The van der Waals surface area contributed by atoms with Crippen LogP contribution in [0.25, 0.3) is 0 Å². The molecule has 1 saturated heterocycles. The van der Waals surface area contributed by atoms with Crippen molar-refractivity contribution in [1.29, 1.82) is 0 Å². The van der Waals surface area contributed by atoms with Gasteiger partial charge in [-0.05, 0) is 50.6 Å². The van der Waals surface area contributed by atoms with Crippen LogP contribution >= 0.6 is 23.2 Å². The zero-order valence-electron chi connectivity index (χ0n) is 13.5. The summed E-state index contributed by atoms with van der Waals surface area (Å²) in [5.74, 6) is 0.719. The molecule has 1 aromatic carbocycles. The van der Waals surface area contributed by atoms with Gasteiger partial charge in [-0.2, -0.15) is 0 Å². The topological polar surface area (TPSA) is 41.6 Å². The summed E-state index contributed by atoms with van der Waals surface area (Å²) in [4.78, 5) is 14.6. The van der Waals surface area contributed by atoms with Crippen LogP contribution in [-0.4, -0.2) is 43.1 Å². The SMILES string of the molecule is CCCN(C(=O)CCOc1ccc(Cl)cc1Cl)C1CCNCC1. The minimum atomic E-state index is 0.156. The van der Waals surface area contributed by atoms with Gasteiger partial charge >= 0.3 is 0 Å². The second-order valence-corrected chi connectivity index (χ2v) is 6.59. The number of piperidine rings is 1. The predicted octanol–water partition coefficient (Wildman–Crippen LogP) is 3.75. The van der Waals surface area contributed by atoms with Crippen molar-refractivity contribution in [1.82, 2.24) is 10.2 Å². The molecular weight excluding hydrogens is 335 g/mol. The third-order valence-electron chi connectivity index (χ3n) is 4.00. The first-order valence-electron chi connectivity index (χ1n) is 8.20. The van der Waals surface area contributed by atoms with E-state index in [-0.39, 0.29) is 5.91 Å². The number of hydrogen-bond acceptors (Lipinski definition) is 3. The van der Waals surface area contributed by atoms with Gasteiger partial charge in [0, 0.05) is 17.6 Å². The van der Waals surface area contributed by atoms with Gasteiger partial charge < -0.3 is 15.0 Å². The molecule has 4 nitrogen and oxygen atoms in total. The van der Waals surface area contributed by atoms with Crippen molar-refractivity contribution in [3.63, 3.8) is 0 Å². The molecular formula is C17H24Cl2N2O2. The van der Waals surface area contributed by atoms with Crippen LogP contribution in [-0.2, 0) is 4.79 Å². The summed E-state index contributed by atoms with van der Waals surface area (Å²) in [6.45, 7) is 5.20. The van der Waals surface area contributed by atoms with Gasteiger partial charge in [-0.3, -0.25) is 4.79 Å². The highest BCUT2D eigenvalue weighted by Crippen LogP contribution is 2.27. The minimum Gasteiger partial charge on any atom is -0.491 e. The molecule has 0 saturated carbocycles. The molecule has 0 unspecified atom stereocenters. The van der Waals surface area contributed by atoms with Crippen molar-refractivity contribution in [3.8, 4) is 5.75 Å². The van der Waals surface area contributed by atoms with Crippen molar-refractivity contribution < 1.29 is 9.53 Å². The zero-order chi connectivity index (χ0) is 16.7. The quantitative estimate of drug-likeness (QED) is 0.806. The Morgan fingerprint density at radius 1 is 1.35 bits per heavy atom. The Hall–Kier alpha value is -0.970. The van der Waals surface area contributed by atoms with Crippen LogP contribution in [0, 0.1) is 0 Å². The van der Waals surface area contributed by atoms with Gasteiger partial charge in [-0.25, -0.2) is 0 Å². The summed E-state index contributed by atoms with van der Waals surface area (Å²) in [5, 5.41) is 4.37. The number of halogens is 2. The molecule has 1 aromatic rings. The smallest absolute Gasteiger partial charge is 0.226 e. The molecule has 1 fully saturated rings. The van der Waals surface area contributed by atoms with Crippen LogP contribution in [0.4, 0.5) is 0 Å². The molecule has 128 valence electrons. The molecule has 0 spiro atoms. The summed E-state index contributed by atoms with van der Waals surface area (Å²) in [6.07, 6.45) is 3.38. The van der Waals surface area contributed by atoms with Crippen molar-refractivity contribution in [2.75, 3.05) is 26.2 Å². The van der Waals surface area contributed by atoms with E-state index in [1.807, 2.05) is 4.90 Å². The first kappa shape index (κ1) is 18.4. The lowest BCUT2D eigenvalue weighted by molar-refractivity contribution is -0.134. The van der Waals surface area contributed by atoms with Crippen LogP contribution < -0.4 is 10.1 Å². The summed E-state index contributed by atoms with van der Waals surface area (Å²) >= 11 is 11.9. The average Bonchev–Trinajstić information content (AvgIpc) is 2.55. The average molecular weight is 359 g/mol. The number of amides is 1. The zero-order valence-corrected chi connectivity index (χ0v) is 15.0. The summed E-state index contributed by atoms with van der Waals surface area (Å²) in [5.41, 5.74) is 0. The Kier molecular flexibility index (Phi) is 7.47. The van der Waals surface area contributed by atoms with Crippen LogP contribution in [0.5, 0.6) is 5.75 Å². The molecule has 6 heteroatoms. The van der Waals surface area contributed by atoms with Crippen LogP contribution in [0.2, 0.25) is 10.0 Å². The highest BCUT2D eigenvalue weighted by atomic mass is 35.5. The highest BCUT2D eigenvalue weighted by molar-refractivity contribution is 6.35. The fourth-order valence-corrected chi connectivity index (χ4v) is 3.32. The molecule has 23 heavy (non-hydrogen) atoms. The van der Waals surface area contributed by atoms with Gasteiger partial charge in [0.05, 0.1) is 18.1 Å².